The van der Waals surface area contributed by atoms with Crippen molar-refractivity contribution in [3.8, 4) is 0 Å². The minimum absolute atomic E-state index is 0.192. The maximum Gasteiger partial charge on any atom is 0.224 e. The van der Waals surface area contributed by atoms with Crippen LogP contribution in [0.15, 0.2) is 15.7 Å². The average molecular weight is 402 g/mol. The first kappa shape index (κ1) is 13.3. The summed E-state index contributed by atoms with van der Waals surface area (Å²) in [5, 5.41) is 3.21. The van der Waals surface area contributed by atoms with Gasteiger partial charge in [-0.3, -0.25) is 0 Å². The molecule has 20 heavy (non-hydrogen) atoms. The van der Waals surface area contributed by atoms with Crippen molar-refractivity contribution in [3.05, 3.63) is 21.4 Å². The lowest BCUT2D eigenvalue weighted by Crippen LogP contribution is -2.09. The molecule has 0 aromatic carbocycles. The van der Waals surface area contributed by atoms with Gasteiger partial charge in [-0.2, -0.15) is 9.97 Å². The van der Waals surface area contributed by atoms with Gasteiger partial charge in [0.25, 0.3) is 0 Å². The lowest BCUT2D eigenvalue weighted by Gasteiger charge is -2.06. The number of nitrogens with two attached hydrogens (primary N) is 1. The second-order valence-corrected chi connectivity index (χ2v) is 5.51. The summed E-state index contributed by atoms with van der Waals surface area (Å²) in [4.78, 5) is 22.6. The van der Waals surface area contributed by atoms with Gasteiger partial charge >= 0.3 is 0 Å². The van der Waals surface area contributed by atoms with E-state index in [4.69, 9.17) is 5.73 Å². The molecule has 104 valence electrons. The Kier molecular flexibility index (Phi) is 3.57. The van der Waals surface area contributed by atoms with Gasteiger partial charge in [0.15, 0.2) is 16.2 Å². The number of anilines is 2. The minimum Gasteiger partial charge on any atom is -0.368 e. The summed E-state index contributed by atoms with van der Waals surface area (Å²) in [5.74, 6) is 0.831. The lowest BCUT2D eigenvalue weighted by atomic mass is 10.3. The van der Waals surface area contributed by atoms with E-state index in [1.165, 1.54) is 0 Å². The number of aromatic amines is 2. The van der Waals surface area contributed by atoms with Crippen molar-refractivity contribution in [2.45, 2.75) is 6.42 Å². The van der Waals surface area contributed by atoms with Gasteiger partial charge in [0.1, 0.15) is 10.1 Å². The highest BCUT2D eigenvalue weighted by atomic mass is 79.9. The van der Waals surface area contributed by atoms with Gasteiger partial charge in [-0.1, -0.05) is 0 Å². The zero-order chi connectivity index (χ0) is 14.1. The van der Waals surface area contributed by atoms with E-state index < -0.39 is 0 Å². The van der Waals surface area contributed by atoms with Gasteiger partial charge in [-0.25, -0.2) is 9.97 Å². The third-order valence-electron chi connectivity index (χ3n) is 2.67. The monoisotopic (exact) mass is 400 g/mol. The summed E-state index contributed by atoms with van der Waals surface area (Å²) < 4.78 is 1.49. The third kappa shape index (κ3) is 2.61. The predicted octanol–water partition coefficient (Wildman–Crippen LogP) is 1.84. The molecule has 0 aliphatic rings. The van der Waals surface area contributed by atoms with Gasteiger partial charge in [0.2, 0.25) is 5.95 Å². The van der Waals surface area contributed by atoms with Crippen molar-refractivity contribution >= 4 is 54.8 Å². The molecule has 10 heteroatoms. The van der Waals surface area contributed by atoms with E-state index in [2.05, 4.69) is 67.1 Å². The number of H-pyrrole nitrogens is 2. The van der Waals surface area contributed by atoms with Crippen LogP contribution < -0.4 is 11.1 Å². The van der Waals surface area contributed by atoms with Gasteiger partial charge < -0.3 is 21.0 Å². The van der Waals surface area contributed by atoms with Gasteiger partial charge in [-0.15, -0.1) is 0 Å². The van der Waals surface area contributed by atoms with E-state index in [1.54, 1.807) is 6.33 Å². The average Bonchev–Trinajstić information content (AvgIpc) is 2.96. The molecule has 8 nitrogen and oxygen atoms in total. The number of halogens is 2. The summed E-state index contributed by atoms with van der Waals surface area (Å²) in [6, 6.07) is 0. The molecule has 3 heterocycles. The molecule has 5 N–H and O–H groups in total. The van der Waals surface area contributed by atoms with Crippen LogP contribution in [-0.4, -0.2) is 36.4 Å². The summed E-state index contributed by atoms with van der Waals surface area (Å²) in [7, 11) is 0. The Labute approximate surface area is 130 Å². The Morgan fingerprint density at radius 1 is 1.25 bits per heavy atom. The van der Waals surface area contributed by atoms with Crippen LogP contribution >= 0.6 is 31.9 Å². The van der Waals surface area contributed by atoms with E-state index in [9.17, 15) is 0 Å². The molecule has 0 fully saturated rings. The minimum atomic E-state index is 0.192. The standard InChI is InChI=1S/C10H10Br2N8/c11-6-4(17-9(12)18-6)1-2-14-7-5-8(16-3-15-5)20-10(13)19-7/h3H,1-2H2,(H,17,18)(H4,13,14,15,16,19,20). The molecule has 0 aliphatic carbocycles. The van der Waals surface area contributed by atoms with E-state index in [1.807, 2.05) is 0 Å². The first-order valence-electron chi connectivity index (χ1n) is 5.74. The number of nitrogens with zero attached hydrogens (tertiary/aromatic N) is 4. The molecule has 0 radical (unpaired) electrons. The molecule has 0 amide bonds. The van der Waals surface area contributed by atoms with Crippen LogP contribution in [0.5, 0.6) is 0 Å². The molecule has 0 atom stereocenters. The largest absolute Gasteiger partial charge is 0.368 e. The molecule has 3 aromatic rings. The van der Waals surface area contributed by atoms with Crippen molar-refractivity contribution < 1.29 is 0 Å². The second-order valence-electron chi connectivity index (χ2n) is 4.01. The number of fused-ring (bicyclic) bond motifs is 1. The highest BCUT2D eigenvalue weighted by molar-refractivity contribution is 9.11. The molecule has 3 aromatic heterocycles. The van der Waals surface area contributed by atoms with Crippen LogP contribution in [0.2, 0.25) is 0 Å². The number of nitrogen functional groups attached to an aromatic ring is 1. The van der Waals surface area contributed by atoms with E-state index in [-0.39, 0.29) is 5.95 Å². The fraction of sp³-hybridized carbons (Fsp3) is 0.200. The first-order valence-corrected chi connectivity index (χ1v) is 7.32. The Morgan fingerprint density at radius 3 is 2.85 bits per heavy atom. The van der Waals surface area contributed by atoms with Crippen LogP contribution in [0.25, 0.3) is 11.2 Å². The van der Waals surface area contributed by atoms with Crippen LogP contribution in [0.3, 0.4) is 0 Å². The van der Waals surface area contributed by atoms with Gasteiger partial charge in [-0.05, 0) is 31.9 Å². The predicted molar refractivity (Wildman–Crippen MR) is 82.3 cm³/mol. The molecule has 0 bridgehead atoms. The van der Waals surface area contributed by atoms with Crippen LogP contribution in [0.4, 0.5) is 11.8 Å². The Bertz CT molecular complexity index is 749. The molecule has 0 aliphatic heterocycles. The number of hydrogen-bond acceptors (Lipinski definition) is 6. The molecule has 0 spiro atoms. The van der Waals surface area contributed by atoms with Crippen molar-refractivity contribution in [3.63, 3.8) is 0 Å². The smallest absolute Gasteiger partial charge is 0.224 e. The highest BCUT2D eigenvalue weighted by Crippen LogP contribution is 2.19. The Morgan fingerprint density at radius 2 is 2.10 bits per heavy atom. The zero-order valence-corrected chi connectivity index (χ0v) is 13.3. The number of imidazole rings is 2. The van der Waals surface area contributed by atoms with Crippen molar-refractivity contribution in [1.82, 2.24) is 29.9 Å². The number of hydrogen-bond donors (Lipinski definition) is 4. The first-order chi connectivity index (χ1) is 9.63. The maximum absolute atomic E-state index is 5.65. The SMILES string of the molecule is Nc1nc(NCCc2[nH]c(Br)nc2Br)c2[nH]cnc2n1. The zero-order valence-electron chi connectivity index (χ0n) is 10.1. The van der Waals surface area contributed by atoms with Crippen LogP contribution in [0.1, 0.15) is 5.69 Å². The van der Waals surface area contributed by atoms with Crippen molar-refractivity contribution in [2.24, 2.45) is 0 Å². The lowest BCUT2D eigenvalue weighted by molar-refractivity contribution is 0.959. The van der Waals surface area contributed by atoms with E-state index in [0.29, 0.717) is 22.7 Å². The number of nitrogens with one attached hydrogen (secondary N) is 3. The normalized spacial score (nSPS) is 11.1. The van der Waals surface area contributed by atoms with Gasteiger partial charge in [0.05, 0.1) is 12.0 Å². The molecular weight excluding hydrogens is 392 g/mol. The fourth-order valence-corrected chi connectivity index (χ4v) is 2.94. The third-order valence-corrected chi connectivity index (χ3v) is 3.70. The van der Waals surface area contributed by atoms with Crippen molar-refractivity contribution in [2.75, 3.05) is 17.6 Å². The summed E-state index contributed by atoms with van der Waals surface area (Å²) in [6.07, 6.45) is 2.31. The molecule has 3 rings (SSSR count). The van der Waals surface area contributed by atoms with E-state index >= 15 is 0 Å². The number of aromatic nitrogens is 6. The van der Waals surface area contributed by atoms with Crippen molar-refractivity contribution in [1.29, 1.82) is 0 Å². The molecule has 0 saturated heterocycles. The van der Waals surface area contributed by atoms with Gasteiger partial charge in [0, 0.05) is 13.0 Å². The van der Waals surface area contributed by atoms with Crippen LogP contribution in [-0.2, 0) is 6.42 Å². The summed E-state index contributed by atoms with van der Waals surface area (Å²) in [6.45, 7) is 0.664. The van der Waals surface area contributed by atoms with Crippen LogP contribution in [0, 0.1) is 0 Å². The molecule has 0 unspecified atom stereocenters. The quantitative estimate of drug-likeness (QED) is 0.529. The maximum atomic E-state index is 5.65. The highest BCUT2D eigenvalue weighted by Gasteiger charge is 2.09. The molecular formula is C10H10Br2N8. The summed E-state index contributed by atoms with van der Waals surface area (Å²) in [5.41, 5.74) is 7.93. The Balaban J connectivity index is 1.74. The van der Waals surface area contributed by atoms with E-state index in [0.717, 1.165) is 22.2 Å². The number of rotatable bonds is 4. The topological polar surface area (TPSA) is 121 Å². The Hall–Kier alpha value is -1.68. The second kappa shape index (κ2) is 5.37. The molecule has 0 saturated carbocycles. The summed E-state index contributed by atoms with van der Waals surface area (Å²) >= 11 is 6.68. The fourth-order valence-electron chi connectivity index (χ4n) is 1.81.